The second kappa shape index (κ2) is 5.56. The summed E-state index contributed by atoms with van der Waals surface area (Å²) in [6.45, 7) is 2.48. The summed E-state index contributed by atoms with van der Waals surface area (Å²) >= 11 is 0. The second-order valence-electron chi connectivity index (χ2n) is 5.13. The second-order valence-corrected chi connectivity index (χ2v) is 5.13. The van der Waals surface area contributed by atoms with E-state index in [1.807, 2.05) is 31.2 Å². The molecule has 0 atom stereocenters. The number of methoxy groups -OCH3 is 1. The summed E-state index contributed by atoms with van der Waals surface area (Å²) < 4.78 is 10.8. The van der Waals surface area contributed by atoms with Gasteiger partial charge in [-0.05, 0) is 60.0 Å². The predicted molar refractivity (Wildman–Crippen MR) is 83.7 cm³/mol. The van der Waals surface area contributed by atoms with Crippen molar-refractivity contribution in [2.45, 2.75) is 6.92 Å². The van der Waals surface area contributed by atoms with Crippen LogP contribution in [0.2, 0.25) is 0 Å². The van der Waals surface area contributed by atoms with Crippen LogP contribution in [0, 0.1) is 6.92 Å². The van der Waals surface area contributed by atoms with Crippen LogP contribution in [0.5, 0.6) is 11.5 Å². The first-order chi connectivity index (χ1) is 10.6. The molecular weight excluding hydrogens is 280 g/mol. The molecule has 0 fully saturated rings. The molecule has 0 aliphatic carbocycles. The van der Waals surface area contributed by atoms with Gasteiger partial charge in [-0.2, -0.15) is 0 Å². The molecule has 0 amide bonds. The Labute approximate surface area is 128 Å². The van der Waals surface area contributed by atoms with E-state index < -0.39 is 5.97 Å². The van der Waals surface area contributed by atoms with Crippen molar-refractivity contribution in [3.63, 3.8) is 0 Å². The summed E-state index contributed by atoms with van der Waals surface area (Å²) in [5.41, 5.74) is 4.16. The molecule has 2 aromatic rings. The molecule has 4 heteroatoms. The van der Waals surface area contributed by atoms with Crippen molar-refractivity contribution < 1.29 is 19.4 Å². The number of fused-ring (bicyclic) bond motifs is 1. The van der Waals surface area contributed by atoms with Crippen LogP contribution in [-0.4, -0.2) is 24.8 Å². The summed E-state index contributed by atoms with van der Waals surface area (Å²) in [4.78, 5) is 11.2. The van der Waals surface area contributed by atoms with Gasteiger partial charge in [-0.3, -0.25) is 0 Å². The van der Waals surface area contributed by atoms with E-state index >= 15 is 0 Å². The van der Waals surface area contributed by atoms with E-state index in [0.29, 0.717) is 12.4 Å². The highest BCUT2D eigenvalue weighted by molar-refractivity contribution is 5.92. The number of rotatable bonds is 3. The fourth-order valence-electron chi connectivity index (χ4n) is 2.64. The highest BCUT2D eigenvalue weighted by atomic mass is 16.5. The number of carboxylic acid groups (broad SMARTS) is 1. The number of carbonyl (C=O) groups is 1. The third-order valence-electron chi connectivity index (χ3n) is 3.77. The Morgan fingerprint density at radius 3 is 2.68 bits per heavy atom. The van der Waals surface area contributed by atoms with Crippen molar-refractivity contribution in [3.05, 3.63) is 64.7 Å². The van der Waals surface area contributed by atoms with Crippen molar-refractivity contribution in [2.24, 2.45) is 0 Å². The minimum Gasteiger partial charge on any atom is -0.497 e. The van der Waals surface area contributed by atoms with Gasteiger partial charge in [0, 0.05) is 5.56 Å². The maximum Gasteiger partial charge on any atom is 0.335 e. The Bertz CT molecular complexity index is 775. The summed E-state index contributed by atoms with van der Waals surface area (Å²) in [6, 6.07) is 10.8. The Morgan fingerprint density at radius 2 is 2.00 bits per heavy atom. The number of benzene rings is 2. The third-order valence-corrected chi connectivity index (χ3v) is 3.77. The Kier molecular flexibility index (Phi) is 3.59. The van der Waals surface area contributed by atoms with E-state index in [0.717, 1.165) is 28.0 Å². The van der Waals surface area contributed by atoms with Crippen LogP contribution in [0.1, 0.15) is 27.0 Å². The van der Waals surface area contributed by atoms with E-state index in [-0.39, 0.29) is 5.56 Å². The lowest BCUT2D eigenvalue weighted by Gasteiger charge is -2.21. The lowest BCUT2D eigenvalue weighted by Crippen LogP contribution is -2.08. The molecule has 0 saturated carbocycles. The van der Waals surface area contributed by atoms with Crippen LogP contribution in [-0.2, 0) is 0 Å². The van der Waals surface area contributed by atoms with Crippen molar-refractivity contribution >= 4 is 11.5 Å². The van der Waals surface area contributed by atoms with E-state index in [1.54, 1.807) is 25.3 Å². The lowest BCUT2D eigenvalue weighted by atomic mass is 9.91. The molecule has 1 heterocycles. The van der Waals surface area contributed by atoms with Gasteiger partial charge in [0.25, 0.3) is 0 Å². The number of ether oxygens (including phenoxy) is 2. The SMILES string of the molecule is COc1ccc(C2=CCOc3ccc(C(=O)O)cc32)c(C)c1. The number of carboxylic acids is 1. The Morgan fingerprint density at radius 1 is 1.18 bits per heavy atom. The fraction of sp³-hybridized carbons (Fsp3) is 0.167. The van der Waals surface area contributed by atoms with Crippen LogP contribution >= 0.6 is 0 Å². The number of aromatic carboxylic acids is 1. The fourth-order valence-corrected chi connectivity index (χ4v) is 2.64. The quantitative estimate of drug-likeness (QED) is 0.941. The molecule has 1 aliphatic heterocycles. The van der Waals surface area contributed by atoms with Crippen molar-refractivity contribution in [1.29, 1.82) is 0 Å². The van der Waals surface area contributed by atoms with Crippen molar-refractivity contribution in [3.8, 4) is 11.5 Å². The Hall–Kier alpha value is -2.75. The molecular formula is C18H16O4. The monoisotopic (exact) mass is 296 g/mol. The topological polar surface area (TPSA) is 55.8 Å². The molecule has 0 spiro atoms. The molecule has 3 rings (SSSR count). The highest BCUT2D eigenvalue weighted by Crippen LogP contribution is 2.36. The average Bonchev–Trinajstić information content (AvgIpc) is 2.53. The van der Waals surface area contributed by atoms with Crippen LogP contribution in [0.15, 0.2) is 42.5 Å². The van der Waals surface area contributed by atoms with Gasteiger partial charge >= 0.3 is 5.97 Å². The molecule has 4 nitrogen and oxygen atoms in total. The molecule has 1 N–H and O–H groups in total. The maximum atomic E-state index is 11.2. The number of hydrogen-bond acceptors (Lipinski definition) is 3. The molecule has 0 saturated heterocycles. The van der Waals surface area contributed by atoms with Gasteiger partial charge in [-0.25, -0.2) is 4.79 Å². The maximum absolute atomic E-state index is 11.2. The summed E-state index contributed by atoms with van der Waals surface area (Å²) in [6.07, 6.45) is 1.97. The zero-order valence-electron chi connectivity index (χ0n) is 12.4. The molecule has 0 unspecified atom stereocenters. The number of hydrogen-bond donors (Lipinski definition) is 1. The first-order valence-electron chi connectivity index (χ1n) is 6.96. The van der Waals surface area contributed by atoms with Gasteiger partial charge in [0.2, 0.25) is 0 Å². The predicted octanol–water partition coefficient (Wildman–Crippen LogP) is 3.53. The first kappa shape index (κ1) is 14.2. The van der Waals surface area contributed by atoms with Gasteiger partial charge in [0.05, 0.1) is 12.7 Å². The minimum absolute atomic E-state index is 0.251. The van der Waals surface area contributed by atoms with Gasteiger partial charge in [0.1, 0.15) is 18.1 Å². The average molecular weight is 296 g/mol. The van der Waals surface area contributed by atoms with Crippen LogP contribution in [0.4, 0.5) is 0 Å². The van der Waals surface area contributed by atoms with Crippen molar-refractivity contribution in [1.82, 2.24) is 0 Å². The van der Waals surface area contributed by atoms with E-state index in [1.165, 1.54) is 0 Å². The number of aryl methyl sites for hydroxylation is 1. The minimum atomic E-state index is -0.945. The van der Waals surface area contributed by atoms with E-state index in [4.69, 9.17) is 9.47 Å². The standard InChI is InChI=1S/C18H16O4/c1-11-9-13(21-2)4-5-14(11)15-7-8-22-17-6-3-12(18(19)20)10-16(15)17/h3-7,9-10H,8H2,1-2H3,(H,19,20). The lowest BCUT2D eigenvalue weighted by molar-refractivity contribution is 0.0697. The smallest absolute Gasteiger partial charge is 0.335 e. The molecule has 0 bridgehead atoms. The van der Waals surface area contributed by atoms with E-state index in [2.05, 4.69) is 0 Å². The largest absolute Gasteiger partial charge is 0.497 e. The first-order valence-corrected chi connectivity index (χ1v) is 6.96. The van der Waals surface area contributed by atoms with Crippen molar-refractivity contribution in [2.75, 3.05) is 13.7 Å². The molecule has 1 aliphatic rings. The molecule has 0 aromatic heterocycles. The molecule has 112 valence electrons. The van der Waals surface area contributed by atoms with Crippen LogP contribution in [0.3, 0.4) is 0 Å². The summed E-state index contributed by atoms with van der Waals surface area (Å²) in [5.74, 6) is 0.560. The highest BCUT2D eigenvalue weighted by Gasteiger charge is 2.19. The molecule has 2 aromatic carbocycles. The zero-order chi connectivity index (χ0) is 15.7. The normalized spacial score (nSPS) is 12.9. The Balaban J connectivity index is 2.12. The summed E-state index contributed by atoms with van der Waals surface area (Å²) in [7, 11) is 1.64. The van der Waals surface area contributed by atoms with Crippen LogP contribution in [0.25, 0.3) is 5.57 Å². The van der Waals surface area contributed by atoms with Gasteiger partial charge < -0.3 is 14.6 Å². The van der Waals surface area contributed by atoms with Gasteiger partial charge in [0.15, 0.2) is 0 Å². The van der Waals surface area contributed by atoms with E-state index in [9.17, 15) is 9.90 Å². The van der Waals surface area contributed by atoms with Gasteiger partial charge in [-0.15, -0.1) is 0 Å². The molecule has 0 radical (unpaired) electrons. The van der Waals surface area contributed by atoms with Crippen LogP contribution < -0.4 is 9.47 Å². The zero-order valence-corrected chi connectivity index (χ0v) is 12.4. The third kappa shape index (κ3) is 2.44. The summed E-state index contributed by atoms with van der Waals surface area (Å²) in [5, 5.41) is 9.19. The van der Waals surface area contributed by atoms with Gasteiger partial charge in [-0.1, -0.05) is 6.07 Å². The molecule has 22 heavy (non-hydrogen) atoms.